The second-order valence-electron chi connectivity index (χ2n) is 3.70. The SMILES string of the molecule is CCC(C)Nc1cccc(C)c1C. The number of nitrogens with one attached hydrogen (secondary N) is 1. The first kappa shape index (κ1) is 10.1. The fraction of sp³-hybridized carbons (Fsp3) is 0.500. The molecule has 0 aliphatic carbocycles. The molecule has 1 aromatic carbocycles. The van der Waals surface area contributed by atoms with E-state index in [1.165, 1.54) is 16.8 Å². The van der Waals surface area contributed by atoms with Gasteiger partial charge < -0.3 is 5.32 Å². The van der Waals surface area contributed by atoms with Crippen molar-refractivity contribution in [3.8, 4) is 0 Å². The van der Waals surface area contributed by atoms with Gasteiger partial charge in [-0.25, -0.2) is 0 Å². The van der Waals surface area contributed by atoms with E-state index >= 15 is 0 Å². The molecule has 0 spiro atoms. The molecule has 0 fully saturated rings. The highest BCUT2D eigenvalue weighted by Gasteiger charge is 2.02. The monoisotopic (exact) mass is 177 g/mol. The van der Waals surface area contributed by atoms with E-state index < -0.39 is 0 Å². The highest BCUT2D eigenvalue weighted by Crippen LogP contribution is 2.19. The van der Waals surface area contributed by atoms with Gasteiger partial charge in [0.15, 0.2) is 0 Å². The zero-order valence-electron chi connectivity index (χ0n) is 9.02. The Bertz CT molecular complexity index is 278. The summed E-state index contributed by atoms with van der Waals surface area (Å²) >= 11 is 0. The van der Waals surface area contributed by atoms with Crippen molar-refractivity contribution in [1.82, 2.24) is 0 Å². The molecule has 1 unspecified atom stereocenters. The van der Waals surface area contributed by atoms with Crippen LogP contribution in [-0.2, 0) is 0 Å². The Morgan fingerprint density at radius 3 is 2.62 bits per heavy atom. The van der Waals surface area contributed by atoms with Crippen LogP contribution in [-0.4, -0.2) is 6.04 Å². The van der Waals surface area contributed by atoms with Crippen LogP contribution in [0.3, 0.4) is 0 Å². The fourth-order valence-electron chi connectivity index (χ4n) is 1.27. The van der Waals surface area contributed by atoms with Crippen LogP contribution < -0.4 is 5.32 Å². The van der Waals surface area contributed by atoms with Gasteiger partial charge in [0.05, 0.1) is 0 Å². The molecule has 0 heterocycles. The molecule has 0 aliphatic rings. The summed E-state index contributed by atoms with van der Waals surface area (Å²) in [4.78, 5) is 0. The molecule has 0 aromatic heterocycles. The lowest BCUT2D eigenvalue weighted by Gasteiger charge is -2.16. The Morgan fingerprint density at radius 2 is 2.00 bits per heavy atom. The molecular weight excluding hydrogens is 158 g/mol. The van der Waals surface area contributed by atoms with Gasteiger partial charge in [-0.2, -0.15) is 0 Å². The third-order valence-electron chi connectivity index (χ3n) is 2.62. The highest BCUT2D eigenvalue weighted by molar-refractivity contribution is 5.54. The van der Waals surface area contributed by atoms with Crippen molar-refractivity contribution in [1.29, 1.82) is 0 Å². The zero-order valence-corrected chi connectivity index (χ0v) is 9.02. The fourth-order valence-corrected chi connectivity index (χ4v) is 1.27. The van der Waals surface area contributed by atoms with Gasteiger partial charge in [0.25, 0.3) is 0 Å². The topological polar surface area (TPSA) is 12.0 Å². The number of hydrogen-bond acceptors (Lipinski definition) is 1. The summed E-state index contributed by atoms with van der Waals surface area (Å²) in [5.74, 6) is 0. The maximum absolute atomic E-state index is 3.50. The van der Waals surface area contributed by atoms with E-state index in [0.29, 0.717) is 6.04 Å². The van der Waals surface area contributed by atoms with Crippen LogP contribution in [0.5, 0.6) is 0 Å². The summed E-state index contributed by atoms with van der Waals surface area (Å²) in [6.07, 6.45) is 1.16. The molecule has 1 heteroatoms. The van der Waals surface area contributed by atoms with Crippen LogP contribution in [0.1, 0.15) is 31.4 Å². The van der Waals surface area contributed by atoms with Crippen molar-refractivity contribution >= 4 is 5.69 Å². The van der Waals surface area contributed by atoms with Crippen LogP contribution in [0.15, 0.2) is 18.2 Å². The molecule has 0 aliphatic heterocycles. The van der Waals surface area contributed by atoms with E-state index in [0.717, 1.165) is 6.42 Å². The quantitative estimate of drug-likeness (QED) is 0.745. The predicted octanol–water partition coefficient (Wildman–Crippen LogP) is 3.51. The Morgan fingerprint density at radius 1 is 1.31 bits per heavy atom. The molecule has 1 nitrogen and oxygen atoms in total. The predicted molar refractivity (Wildman–Crippen MR) is 59.3 cm³/mol. The van der Waals surface area contributed by atoms with E-state index in [2.05, 4.69) is 51.2 Å². The number of rotatable bonds is 3. The van der Waals surface area contributed by atoms with Crippen LogP contribution >= 0.6 is 0 Å². The van der Waals surface area contributed by atoms with E-state index in [1.54, 1.807) is 0 Å². The first-order valence-electron chi connectivity index (χ1n) is 4.98. The average molecular weight is 177 g/mol. The van der Waals surface area contributed by atoms with Gasteiger partial charge in [-0.3, -0.25) is 0 Å². The Kier molecular flexibility index (Phi) is 3.35. The second-order valence-corrected chi connectivity index (χ2v) is 3.70. The average Bonchev–Trinajstić information content (AvgIpc) is 2.13. The molecule has 1 N–H and O–H groups in total. The third kappa shape index (κ3) is 2.48. The first-order chi connectivity index (χ1) is 6.15. The number of hydrogen-bond donors (Lipinski definition) is 1. The molecule has 1 aromatic rings. The van der Waals surface area contributed by atoms with Crippen molar-refractivity contribution in [2.24, 2.45) is 0 Å². The molecule has 1 atom stereocenters. The maximum Gasteiger partial charge on any atom is 0.0374 e. The summed E-state index contributed by atoms with van der Waals surface area (Å²) in [5.41, 5.74) is 3.99. The summed E-state index contributed by atoms with van der Waals surface area (Å²) < 4.78 is 0. The van der Waals surface area contributed by atoms with Crippen molar-refractivity contribution in [2.45, 2.75) is 40.2 Å². The van der Waals surface area contributed by atoms with Crippen molar-refractivity contribution < 1.29 is 0 Å². The summed E-state index contributed by atoms with van der Waals surface area (Å²) in [6, 6.07) is 6.96. The van der Waals surface area contributed by atoms with Gasteiger partial charge in [-0.05, 0) is 44.4 Å². The minimum atomic E-state index is 0.556. The molecule has 0 saturated carbocycles. The van der Waals surface area contributed by atoms with Gasteiger partial charge in [0.1, 0.15) is 0 Å². The third-order valence-corrected chi connectivity index (χ3v) is 2.62. The first-order valence-corrected chi connectivity index (χ1v) is 4.98. The van der Waals surface area contributed by atoms with E-state index in [1.807, 2.05) is 0 Å². The van der Waals surface area contributed by atoms with Gasteiger partial charge in [-0.15, -0.1) is 0 Å². The van der Waals surface area contributed by atoms with Gasteiger partial charge in [0.2, 0.25) is 0 Å². The van der Waals surface area contributed by atoms with Crippen molar-refractivity contribution in [3.05, 3.63) is 29.3 Å². The standard InChI is InChI=1S/C12H19N/c1-5-10(3)13-12-8-6-7-9(2)11(12)4/h6-8,10,13H,5H2,1-4H3. The van der Waals surface area contributed by atoms with Crippen LogP contribution in [0, 0.1) is 13.8 Å². The maximum atomic E-state index is 3.50. The highest BCUT2D eigenvalue weighted by atomic mass is 14.9. The minimum Gasteiger partial charge on any atom is -0.382 e. The molecule has 13 heavy (non-hydrogen) atoms. The molecule has 0 bridgehead atoms. The lowest BCUT2D eigenvalue weighted by Crippen LogP contribution is -2.14. The smallest absolute Gasteiger partial charge is 0.0374 e. The van der Waals surface area contributed by atoms with Gasteiger partial charge in [-0.1, -0.05) is 19.1 Å². The molecule has 1 rings (SSSR count). The van der Waals surface area contributed by atoms with Crippen LogP contribution in [0.2, 0.25) is 0 Å². The van der Waals surface area contributed by atoms with Gasteiger partial charge >= 0.3 is 0 Å². The van der Waals surface area contributed by atoms with Gasteiger partial charge in [0, 0.05) is 11.7 Å². The lowest BCUT2D eigenvalue weighted by molar-refractivity contribution is 0.763. The van der Waals surface area contributed by atoms with Crippen molar-refractivity contribution in [3.63, 3.8) is 0 Å². The van der Waals surface area contributed by atoms with Crippen LogP contribution in [0.25, 0.3) is 0 Å². The molecule has 0 radical (unpaired) electrons. The number of aryl methyl sites for hydroxylation is 1. The number of benzene rings is 1. The van der Waals surface area contributed by atoms with E-state index in [9.17, 15) is 0 Å². The lowest BCUT2D eigenvalue weighted by atomic mass is 10.1. The molecular formula is C12H19N. The Hall–Kier alpha value is -0.980. The minimum absolute atomic E-state index is 0.556. The second kappa shape index (κ2) is 4.31. The number of anilines is 1. The normalized spacial score (nSPS) is 12.6. The summed E-state index contributed by atoms with van der Waals surface area (Å²) in [5, 5.41) is 3.50. The van der Waals surface area contributed by atoms with Crippen molar-refractivity contribution in [2.75, 3.05) is 5.32 Å². The molecule has 0 saturated heterocycles. The summed E-state index contributed by atoms with van der Waals surface area (Å²) in [7, 11) is 0. The Labute approximate surface area is 81.2 Å². The largest absolute Gasteiger partial charge is 0.382 e. The zero-order chi connectivity index (χ0) is 9.84. The molecule has 0 amide bonds. The molecule has 72 valence electrons. The van der Waals surface area contributed by atoms with Crippen LogP contribution in [0.4, 0.5) is 5.69 Å². The van der Waals surface area contributed by atoms with E-state index in [-0.39, 0.29) is 0 Å². The van der Waals surface area contributed by atoms with E-state index in [4.69, 9.17) is 0 Å². The Balaban J connectivity index is 2.83. The summed E-state index contributed by atoms with van der Waals surface area (Å²) in [6.45, 7) is 8.72.